The zero-order valence-corrected chi connectivity index (χ0v) is 10.5. The van der Waals surface area contributed by atoms with Crippen molar-refractivity contribution in [1.82, 2.24) is 4.90 Å². The zero-order chi connectivity index (χ0) is 12.1. The SMILES string of the molecule is CCC(C)(CN)OCC(=O)N(C)C(C)C. The van der Waals surface area contributed by atoms with Crippen molar-refractivity contribution in [2.45, 2.75) is 45.8 Å². The molecule has 0 aliphatic carbocycles. The summed E-state index contributed by atoms with van der Waals surface area (Å²) in [5.74, 6) is -0.00174. The minimum absolute atomic E-state index is 0.00174. The summed E-state index contributed by atoms with van der Waals surface area (Å²) in [6.45, 7) is 8.41. The van der Waals surface area contributed by atoms with Gasteiger partial charge in [0.05, 0.1) is 5.60 Å². The number of likely N-dealkylation sites (N-methyl/N-ethyl adjacent to an activating group) is 1. The second kappa shape index (κ2) is 6.08. The third kappa shape index (κ3) is 4.62. The fraction of sp³-hybridized carbons (Fsp3) is 0.909. The van der Waals surface area contributed by atoms with Gasteiger partial charge < -0.3 is 15.4 Å². The molecule has 4 nitrogen and oxygen atoms in total. The highest BCUT2D eigenvalue weighted by Crippen LogP contribution is 2.13. The average Bonchev–Trinajstić information content (AvgIpc) is 2.24. The van der Waals surface area contributed by atoms with Crippen LogP contribution in [0.25, 0.3) is 0 Å². The van der Waals surface area contributed by atoms with Crippen LogP contribution in [0.4, 0.5) is 0 Å². The summed E-state index contributed by atoms with van der Waals surface area (Å²) in [7, 11) is 1.78. The third-order valence-corrected chi connectivity index (χ3v) is 2.89. The van der Waals surface area contributed by atoms with E-state index in [1.54, 1.807) is 11.9 Å². The fourth-order valence-corrected chi connectivity index (χ4v) is 0.931. The summed E-state index contributed by atoms with van der Waals surface area (Å²) in [6.07, 6.45) is 0.808. The molecule has 90 valence electrons. The van der Waals surface area contributed by atoms with Crippen LogP contribution in [-0.2, 0) is 9.53 Å². The smallest absolute Gasteiger partial charge is 0.248 e. The van der Waals surface area contributed by atoms with E-state index in [-0.39, 0.29) is 24.2 Å². The monoisotopic (exact) mass is 216 g/mol. The summed E-state index contributed by atoms with van der Waals surface area (Å²) in [5, 5.41) is 0. The minimum atomic E-state index is -0.381. The van der Waals surface area contributed by atoms with E-state index in [4.69, 9.17) is 10.5 Å². The molecule has 0 heterocycles. The number of amides is 1. The van der Waals surface area contributed by atoms with E-state index >= 15 is 0 Å². The maximum atomic E-state index is 11.6. The van der Waals surface area contributed by atoms with E-state index in [1.165, 1.54) is 0 Å². The predicted octanol–water partition coefficient (Wildman–Crippen LogP) is 0.997. The Bertz CT molecular complexity index is 201. The molecular weight excluding hydrogens is 192 g/mol. The van der Waals surface area contributed by atoms with E-state index in [1.807, 2.05) is 27.7 Å². The maximum absolute atomic E-state index is 11.6. The van der Waals surface area contributed by atoms with Gasteiger partial charge in [0.25, 0.3) is 0 Å². The van der Waals surface area contributed by atoms with Crippen molar-refractivity contribution in [2.24, 2.45) is 5.73 Å². The van der Waals surface area contributed by atoms with E-state index in [0.717, 1.165) is 6.42 Å². The Hall–Kier alpha value is -0.610. The van der Waals surface area contributed by atoms with Crippen LogP contribution in [0.2, 0.25) is 0 Å². The molecule has 2 N–H and O–H groups in total. The van der Waals surface area contributed by atoms with Crippen molar-refractivity contribution >= 4 is 5.91 Å². The van der Waals surface area contributed by atoms with Gasteiger partial charge in [-0.15, -0.1) is 0 Å². The maximum Gasteiger partial charge on any atom is 0.248 e. The Morgan fingerprint density at radius 1 is 1.53 bits per heavy atom. The molecule has 0 aliphatic heterocycles. The van der Waals surface area contributed by atoms with Gasteiger partial charge in [-0.05, 0) is 27.2 Å². The highest BCUT2D eigenvalue weighted by atomic mass is 16.5. The van der Waals surface area contributed by atoms with Crippen LogP contribution in [0, 0.1) is 0 Å². The molecule has 0 saturated heterocycles. The highest BCUT2D eigenvalue weighted by molar-refractivity contribution is 5.77. The molecule has 15 heavy (non-hydrogen) atoms. The number of nitrogens with zero attached hydrogens (tertiary/aromatic N) is 1. The number of carbonyl (C=O) groups is 1. The van der Waals surface area contributed by atoms with Gasteiger partial charge in [0.15, 0.2) is 0 Å². The molecule has 0 aromatic heterocycles. The molecule has 0 radical (unpaired) electrons. The summed E-state index contributed by atoms with van der Waals surface area (Å²) in [6, 6.07) is 0.201. The van der Waals surface area contributed by atoms with Gasteiger partial charge >= 0.3 is 0 Å². The standard InChI is InChI=1S/C11H24N2O2/c1-6-11(4,8-12)15-7-10(14)13(5)9(2)3/h9H,6-8,12H2,1-5H3. The van der Waals surface area contributed by atoms with Gasteiger partial charge in [0.1, 0.15) is 6.61 Å². The van der Waals surface area contributed by atoms with E-state index < -0.39 is 0 Å². The van der Waals surface area contributed by atoms with Gasteiger partial charge in [-0.25, -0.2) is 0 Å². The molecule has 0 aliphatic rings. The number of hydrogen-bond donors (Lipinski definition) is 1. The average molecular weight is 216 g/mol. The Morgan fingerprint density at radius 3 is 2.40 bits per heavy atom. The molecule has 0 fully saturated rings. The second-order valence-corrected chi connectivity index (χ2v) is 4.39. The summed E-state index contributed by atoms with van der Waals surface area (Å²) < 4.78 is 5.54. The van der Waals surface area contributed by atoms with Crippen molar-refractivity contribution < 1.29 is 9.53 Å². The molecule has 0 rings (SSSR count). The van der Waals surface area contributed by atoms with Crippen LogP contribution in [0.3, 0.4) is 0 Å². The molecule has 1 amide bonds. The molecule has 0 aromatic rings. The second-order valence-electron chi connectivity index (χ2n) is 4.39. The molecule has 4 heteroatoms. The number of hydrogen-bond acceptors (Lipinski definition) is 3. The first-order valence-electron chi connectivity index (χ1n) is 5.46. The van der Waals surface area contributed by atoms with Crippen LogP contribution >= 0.6 is 0 Å². The lowest BCUT2D eigenvalue weighted by Crippen LogP contribution is -2.42. The van der Waals surface area contributed by atoms with Gasteiger partial charge in [-0.1, -0.05) is 6.92 Å². The van der Waals surface area contributed by atoms with E-state index in [2.05, 4.69) is 0 Å². The van der Waals surface area contributed by atoms with Crippen molar-refractivity contribution in [2.75, 3.05) is 20.2 Å². The van der Waals surface area contributed by atoms with Crippen molar-refractivity contribution in [1.29, 1.82) is 0 Å². The van der Waals surface area contributed by atoms with Crippen molar-refractivity contribution in [3.8, 4) is 0 Å². The van der Waals surface area contributed by atoms with E-state index in [0.29, 0.717) is 6.54 Å². The van der Waals surface area contributed by atoms with Crippen molar-refractivity contribution in [3.05, 3.63) is 0 Å². The predicted molar refractivity (Wildman–Crippen MR) is 61.6 cm³/mol. The van der Waals surface area contributed by atoms with Crippen LogP contribution < -0.4 is 5.73 Å². The van der Waals surface area contributed by atoms with Gasteiger partial charge in [0.2, 0.25) is 5.91 Å². The molecule has 0 bridgehead atoms. The first kappa shape index (κ1) is 14.4. The largest absolute Gasteiger partial charge is 0.364 e. The molecule has 0 saturated carbocycles. The summed E-state index contributed by atoms with van der Waals surface area (Å²) in [5.41, 5.74) is 5.21. The lowest BCUT2D eigenvalue weighted by Gasteiger charge is -2.28. The van der Waals surface area contributed by atoms with Crippen LogP contribution in [0.5, 0.6) is 0 Å². The Morgan fingerprint density at radius 2 is 2.07 bits per heavy atom. The lowest BCUT2D eigenvalue weighted by atomic mass is 10.0. The summed E-state index contributed by atoms with van der Waals surface area (Å²) in [4.78, 5) is 13.3. The number of nitrogens with two attached hydrogens (primary N) is 1. The zero-order valence-electron chi connectivity index (χ0n) is 10.5. The first-order chi connectivity index (χ1) is 6.86. The minimum Gasteiger partial charge on any atom is -0.364 e. The van der Waals surface area contributed by atoms with Crippen LogP contribution in [-0.4, -0.2) is 42.6 Å². The molecule has 0 aromatic carbocycles. The number of carbonyl (C=O) groups excluding carboxylic acids is 1. The normalized spacial score (nSPS) is 15.1. The highest BCUT2D eigenvalue weighted by Gasteiger charge is 2.23. The number of ether oxygens (including phenoxy) is 1. The molecule has 0 spiro atoms. The Balaban J connectivity index is 4.10. The van der Waals surface area contributed by atoms with E-state index in [9.17, 15) is 4.79 Å². The molecular formula is C11H24N2O2. The fourth-order valence-electron chi connectivity index (χ4n) is 0.931. The number of rotatable bonds is 6. The van der Waals surface area contributed by atoms with Crippen LogP contribution in [0.15, 0.2) is 0 Å². The third-order valence-electron chi connectivity index (χ3n) is 2.89. The Kier molecular flexibility index (Phi) is 5.83. The summed E-state index contributed by atoms with van der Waals surface area (Å²) >= 11 is 0. The first-order valence-corrected chi connectivity index (χ1v) is 5.46. The molecule has 1 atom stereocenters. The topological polar surface area (TPSA) is 55.6 Å². The lowest BCUT2D eigenvalue weighted by molar-refractivity contribution is -0.142. The van der Waals surface area contributed by atoms with Gasteiger partial charge in [0, 0.05) is 19.6 Å². The quantitative estimate of drug-likeness (QED) is 0.720. The van der Waals surface area contributed by atoms with Crippen LogP contribution in [0.1, 0.15) is 34.1 Å². The van der Waals surface area contributed by atoms with Gasteiger partial charge in [-0.2, -0.15) is 0 Å². The van der Waals surface area contributed by atoms with Crippen molar-refractivity contribution in [3.63, 3.8) is 0 Å². The Labute approximate surface area is 92.8 Å². The molecule has 1 unspecified atom stereocenters. The van der Waals surface area contributed by atoms with Gasteiger partial charge in [-0.3, -0.25) is 4.79 Å².